The normalized spacial score (nSPS) is 15.7. The lowest BCUT2D eigenvalue weighted by Gasteiger charge is -2.29. The van der Waals surface area contributed by atoms with Gasteiger partial charge in [0.15, 0.2) is 0 Å². The third kappa shape index (κ3) is 3.92. The number of hydrogen-bond donors (Lipinski definition) is 1. The van der Waals surface area contributed by atoms with Gasteiger partial charge in [0.05, 0.1) is 11.6 Å². The molecule has 1 heterocycles. The van der Waals surface area contributed by atoms with Gasteiger partial charge >= 0.3 is 6.18 Å². The van der Waals surface area contributed by atoms with Crippen LogP contribution in [-0.4, -0.2) is 27.0 Å². The first-order valence-corrected chi connectivity index (χ1v) is 8.85. The molecular weight excluding hydrogens is 343 g/mol. The van der Waals surface area contributed by atoms with Gasteiger partial charge in [0, 0.05) is 11.7 Å². The van der Waals surface area contributed by atoms with Gasteiger partial charge in [0.1, 0.15) is 5.69 Å². The molecule has 1 N–H and O–H groups in total. The van der Waals surface area contributed by atoms with E-state index in [1.165, 1.54) is 6.07 Å². The van der Waals surface area contributed by atoms with Crippen molar-refractivity contribution in [3.8, 4) is 0 Å². The highest BCUT2D eigenvalue weighted by molar-refractivity contribution is 5.93. The largest absolute Gasteiger partial charge is 0.416 e. The number of aromatic nitrogens is 2. The Morgan fingerprint density at radius 2 is 2.08 bits per heavy atom. The number of hydrogen-bond acceptors (Lipinski definition) is 2. The number of rotatable bonds is 6. The van der Waals surface area contributed by atoms with Gasteiger partial charge in [0.2, 0.25) is 0 Å². The van der Waals surface area contributed by atoms with Gasteiger partial charge in [-0.2, -0.15) is 18.3 Å². The average Bonchev–Trinajstić information content (AvgIpc) is 3.32. The minimum atomic E-state index is -4.40. The predicted octanol–water partition coefficient (Wildman–Crippen LogP) is 4.75. The van der Waals surface area contributed by atoms with Crippen molar-refractivity contribution < 1.29 is 18.0 Å². The van der Waals surface area contributed by atoms with E-state index in [4.69, 9.17) is 0 Å². The highest BCUT2D eigenvalue weighted by Crippen LogP contribution is 2.37. The minimum Gasteiger partial charge on any atom is -0.328 e. The fourth-order valence-electron chi connectivity index (χ4n) is 3.15. The zero-order valence-corrected chi connectivity index (χ0v) is 14.8. The van der Waals surface area contributed by atoms with Crippen LogP contribution in [0, 0.1) is 0 Å². The number of benzene rings is 1. The first-order chi connectivity index (χ1) is 12.3. The Kier molecular flexibility index (Phi) is 5.07. The van der Waals surface area contributed by atoms with Crippen molar-refractivity contribution >= 4 is 5.91 Å². The van der Waals surface area contributed by atoms with Crippen molar-refractivity contribution in [2.75, 3.05) is 0 Å². The Labute approximate surface area is 150 Å². The molecule has 1 aromatic heterocycles. The summed E-state index contributed by atoms with van der Waals surface area (Å²) in [4.78, 5) is 14.6. The number of aromatic amines is 1. The quantitative estimate of drug-likeness (QED) is 0.803. The highest BCUT2D eigenvalue weighted by Gasteiger charge is 2.38. The Morgan fingerprint density at radius 1 is 1.35 bits per heavy atom. The summed E-state index contributed by atoms with van der Waals surface area (Å²) in [5, 5.41) is 6.97. The number of amides is 1. The van der Waals surface area contributed by atoms with Crippen LogP contribution in [0.15, 0.2) is 30.3 Å². The van der Waals surface area contributed by atoms with E-state index in [2.05, 4.69) is 10.2 Å². The molecule has 1 aromatic carbocycles. The van der Waals surface area contributed by atoms with E-state index in [1.54, 1.807) is 24.0 Å². The van der Waals surface area contributed by atoms with Crippen LogP contribution in [0.5, 0.6) is 0 Å². The molecule has 7 heteroatoms. The zero-order chi connectivity index (χ0) is 18.9. The minimum absolute atomic E-state index is 0.0540. The number of carbonyl (C=O) groups excluding carboxylic acids is 1. The van der Waals surface area contributed by atoms with E-state index in [-0.39, 0.29) is 11.9 Å². The molecular formula is C19H22F3N3O. The summed E-state index contributed by atoms with van der Waals surface area (Å²) in [6.45, 7) is 3.81. The monoisotopic (exact) mass is 365 g/mol. The second kappa shape index (κ2) is 7.13. The van der Waals surface area contributed by atoms with Gasteiger partial charge in [-0.3, -0.25) is 9.89 Å². The van der Waals surface area contributed by atoms with Crippen LogP contribution in [0.25, 0.3) is 0 Å². The number of nitrogens with zero attached hydrogens (tertiary/aromatic N) is 2. The first-order valence-electron chi connectivity index (χ1n) is 8.85. The lowest BCUT2D eigenvalue weighted by molar-refractivity contribution is -0.137. The number of aryl methyl sites for hydroxylation is 1. The van der Waals surface area contributed by atoms with Crippen molar-refractivity contribution in [1.29, 1.82) is 0 Å². The SMILES string of the molecule is CCCc1cc(C(=O)N(C2CC2)C(C)c2cccc(C(F)(F)F)c2)n[nH]1. The van der Waals surface area contributed by atoms with E-state index >= 15 is 0 Å². The summed E-state index contributed by atoms with van der Waals surface area (Å²) < 4.78 is 39.0. The fourth-order valence-corrected chi connectivity index (χ4v) is 3.15. The molecule has 2 aromatic rings. The molecule has 1 amide bonds. The maximum absolute atomic E-state index is 13.0. The van der Waals surface area contributed by atoms with E-state index < -0.39 is 17.8 Å². The molecule has 1 aliphatic carbocycles. The van der Waals surface area contributed by atoms with E-state index in [1.807, 2.05) is 6.92 Å². The van der Waals surface area contributed by atoms with Crippen LogP contribution < -0.4 is 0 Å². The fraction of sp³-hybridized carbons (Fsp3) is 0.474. The lowest BCUT2D eigenvalue weighted by atomic mass is 10.0. The number of halogens is 3. The van der Waals surface area contributed by atoms with E-state index in [0.717, 1.165) is 43.5 Å². The molecule has 0 spiro atoms. The summed E-state index contributed by atoms with van der Waals surface area (Å²) in [5.41, 5.74) is 0.983. The third-order valence-corrected chi connectivity index (χ3v) is 4.66. The molecule has 0 saturated heterocycles. The molecule has 0 radical (unpaired) electrons. The number of carbonyl (C=O) groups is 1. The van der Waals surface area contributed by atoms with Crippen LogP contribution in [0.4, 0.5) is 13.2 Å². The Balaban J connectivity index is 1.86. The predicted molar refractivity (Wildman–Crippen MR) is 91.6 cm³/mol. The standard InChI is InChI=1S/C19H22F3N3O/c1-3-5-15-11-17(24-23-15)18(26)25(16-8-9-16)12(2)13-6-4-7-14(10-13)19(20,21)22/h4,6-7,10-12,16H,3,5,8-9H2,1-2H3,(H,23,24). The maximum Gasteiger partial charge on any atom is 0.416 e. The summed E-state index contributed by atoms with van der Waals surface area (Å²) in [5.74, 6) is -0.240. The van der Waals surface area contributed by atoms with Gasteiger partial charge in [-0.1, -0.05) is 25.5 Å². The molecule has 1 fully saturated rings. The molecule has 140 valence electrons. The van der Waals surface area contributed by atoms with Gasteiger partial charge < -0.3 is 4.90 Å². The van der Waals surface area contributed by atoms with Gasteiger partial charge in [-0.25, -0.2) is 0 Å². The topological polar surface area (TPSA) is 49.0 Å². The molecule has 0 aliphatic heterocycles. The molecule has 4 nitrogen and oxygen atoms in total. The van der Waals surface area contributed by atoms with Crippen LogP contribution in [0.3, 0.4) is 0 Å². The van der Waals surface area contributed by atoms with Gasteiger partial charge in [-0.05, 0) is 49.9 Å². The molecule has 1 saturated carbocycles. The molecule has 1 unspecified atom stereocenters. The molecule has 0 bridgehead atoms. The van der Waals surface area contributed by atoms with Crippen molar-refractivity contribution in [2.24, 2.45) is 0 Å². The Bertz CT molecular complexity index is 780. The zero-order valence-electron chi connectivity index (χ0n) is 14.8. The van der Waals surface area contributed by atoms with E-state index in [9.17, 15) is 18.0 Å². The van der Waals surface area contributed by atoms with Crippen molar-refractivity contribution in [3.63, 3.8) is 0 Å². The molecule has 3 rings (SSSR count). The van der Waals surface area contributed by atoms with Crippen molar-refractivity contribution in [2.45, 2.75) is 57.8 Å². The van der Waals surface area contributed by atoms with Gasteiger partial charge in [-0.15, -0.1) is 0 Å². The molecule has 1 atom stereocenters. The average molecular weight is 365 g/mol. The number of H-pyrrole nitrogens is 1. The third-order valence-electron chi connectivity index (χ3n) is 4.66. The molecule has 26 heavy (non-hydrogen) atoms. The second-order valence-electron chi connectivity index (χ2n) is 6.77. The van der Waals surface area contributed by atoms with Crippen molar-refractivity contribution in [1.82, 2.24) is 15.1 Å². The Morgan fingerprint density at radius 3 is 2.69 bits per heavy atom. The number of alkyl halides is 3. The van der Waals surface area contributed by atoms with Crippen LogP contribution in [0.2, 0.25) is 0 Å². The van der Waals surface area contributed by atoms with E-state index in [0.29, 0.717) is 11.3 Å². The second-order valence-corrected chi connectivity index (χ2v) is 6.77. The van der Waals surface area contributed by atoms with Crippen LogP contribution in [-0.2, 0) is 12.6 Å². The molecule has 1 aliphatic rings. The van der Waals surface area contributed by atoms with Crippen LogP contribution >= 0.6 is 0 Å². The highest BCUT2D eigenvalue weighted by atomic mass is 19.4. The lowest BCUT2D eigenvalue weighted by Crippen LogP contribution is -2.36. The summed E-state index contributed by atoms with van der Waals surface area (Å²) >= 11 is 0. The Hall–Kier alpha value is -2.31. The maximum atomic E-state index is 13.0. The smallest absolute Gasteiger partial charge is 0.328 e. The summed E-state index contributed by atoms with van der Waals surface area (Å²) in [6.07, 6.45) is -0.945. The van der Waals surface area contributed by atoms with Crippen LogP contribution in [0.1, 0.15) is 66.5 Å². The summed E-state index contributed by atoms with van der Waals surface area (Å²) in [6, 6.07) is 6.53. The summed E-state index contributed by atoms with van der Waals surface area (Å²) in [7, 11) is 0. The van der Waals surface area contributed by atoms with Gasteiger partial charge in [0.25, 0.3) is 5.91 Å². The van der Waals surface area contributed by atoms with Crippen molar-refractivity contribution in [3.05, 3.63) is 52.8 Å². The number of nitrogens with one attached hydrogen (secondary N) is 1. The first kappa shape index (κ1) is 18.5.